The third-order valence-electron chi connectivity index (χ3n) is 6.87. The highest BCUT2D eigenvalue weighted by atomic mass is 16.5. The lowest BCUT2D eigenvalue weighted by Gasteiger charge is -2.10. The average molecular weight is 494 g/mol. The van der Waals surface area contributed by atoms with Gasteiger partial charge in [0.25, 0.3) is 0 Å². The molecule has 0 saturated carbocycles. The number of rotatable bonds is 5. The summed E-state index contributed by atoms with van der Waals surface area (Å²) in [5.74, 6) is 1.67. The molecule has 182 valence electrons. The van der Waals surface area contributed by atoms with Crippen molar-refractivity contribution >= 4 is 21.8 Å². The van der Waals surface area contributed by atoms with Crippen molar-refractivity contribution in [3.05, 3.63) is 121 Å². The zero-order valence-electron chi connectivity index (χ0n) is 20.7. The molecule has 5 aromatic carbocycles. The van der Waals surface area contributed by atoms with Gasteiger partial charge in [0, 0.05) is 27.6 Å². The SMILES string of the molecule is COc1cccc(-c2nnc(-c3cccc(-c4cccc(-n5c6ccccc6c6ccccc65)c4)c3)o2)c1. The monoisotopic (exact) mass is 493 g/mol. The van der Waals surface area contributed by atoms with Crippen LogP contribution in [0.15, 0.2) is 126 Å². The molecule has 38 heavy (non-hydrogen) atoms. The molecule has 5 heteroatoms. The highest BCUT2D eigenvalue weighted by Crippen LogP contribution is 2.34. The maximum Gasteiger partial charge on any atom is 0.248 e. The topological polar surface area (TPSA) is 53.1 Å². The van der Waals surface area contributed by atoms with E-state index in [-0.39, 0.29) is 0 Å². The molecule has 7 rings (SSSR count). The lowest BCUT2D eigenvalue weighted by molar-refractivity contribution is 0.415. The van der Waals surface area contributed by atoms with E-state index in [1.807, 2.05) is 36.4 Å². The minimum Gasteiger partial charge on any atom is -0.497 e. The number of methoxy groups -OCH3 is 1. The summed E-state index contributed by atoms with van der Waals surface area (Å²) in [6.07, 6.45) is 0. The van der Waals surface area contributed by atoms with Crippen LogP contribution >= 0.6 is 0 Å². The van der Waals surface area contributed by atoms with Gasteiger partial charge in [-0.3, -0.25) is 0 Å². The predicted octanol–water partition coefficient (Wildman–Crippen LogP) is 8.18. The number of fused-ring (bicyclic) bond motifs is 3. The minimum atomic E-state index is 0.456. The van der Waals surface area contributed by atoms with Crippen LogP contribution < -0.4 is 4.74 Å². The Hall–Kier alpha value is -5.16. The first kappa shape index (κ1) is 22.1. The van der Waals surface area contributed by atoms with Gasteiger partial charge in [-0.2, -0.15) is 0 Å². The van der Waals surface area contributed by atoms with Crippen LogP contribution in [0.25, 0.3) is 61.5 Å². The fourth-order valence-corrected chi connectivity index (χ4v) is 5.07. The standard InChI is InChI=1S/C33H23N3O2/c1-37-27-14-8-12-25(21-27)33-35-34-32(38-33)24-11-6-9-22(19-24)23-10-7-13-26(20-23)36-30-17-4-2-15-28(30)29-16-3-5-18-31(29)36/h2-21H,1H3. The lowest BCUT2D eigenvalue weighted by Crippen LogP contribution is -1.94. The molecule has 7 aromatic rings. The molecule has 0 radical (unpaired) electrons. The third kappa shape index (κ3) is 3.73. The number of hydrogen-bond acceptors (Lipinski definition) is 4. The van der Waals surface area contributed by atoms with E-state index < -0.39 is 0 Å². The van der Waals surface area contributed by atoms with Gasteiger partial charge in [0.1, 0.15) is 5.75 Å². The zero-order valence-corrected chi connectivity index (χ0v) is 20.7. The Morgan fingerprint density at radius 2 is 1.11 bits per heavy atom. The highest BCUT2D eigenvalue weighted by molar-refractivity contribution is 6.09. The van der Waals surface area contributed by atoms with Crippen molar-refractivity contribution in [2.24, 2.45) is 0 Å². The molecule has 0 bridgehead atoms. The molecule has 0 unspecified atom stereocenters. The van der Waals surface area contributed by atoms with E-state index >= 15 is 0 Å². The van der Waals surface area contributed by atoms with Gasteiger partial charge in [0.15, 0.2) is 0 Å². The molecule has 0 atom stereocenters. The Balaban J connectivity index is 1.28. The maximum absolute atomic E-state index is 6.04. The van der Waals surface area contributed by atoms with Crippen molar-refractivity contribution in [3.8, 4) is 45.5 Å². The normalized spacial score (nSPS) is 11.3. The highest BCUT2D eigenvalue weighted by Gasteiger charge is 2.14. The van der Waals surface area contributed by atoms with Gasteiger partial charge in [0.05, 0.1) is 18.1 Å². The largest absolute Gasteiger partial charge is 0.497 e. The van der Waals surface area contributed by atoms with Gasteiger partial charge >= 0.3 is 0 Å². The second-order valence-electron chi connectivity index (χ2n) is 9.15. The molecule has 0 aliphatic heterocycles. The fourth-order valence-electron chi connectivity index (χ4n) is 5.07. The third-order valence-corrected chi connectivity index (χ3v) is 6.87. The van der Waals surface area contributed by atoms with Crippen molar-refractivity contribution in [3.63, 3.8) is 0 Å². The first-order valence-corrected chi connectivity index (χ1v) is 12.5. The van der Waals surface area contributed by atoms with Crippen LogP contribution in [0, 0.1) is 0 Å². The van der Waals surface area contributed by atoms with E-state index in [0.29, 0.717) is 11.8 Å². The van der Waals surface area contributed by atoms with Crippen LogP contribution in [0.2, 0.25) is 0 Å². The van der Waals surface area contributed by atoms with Crippen LogP contribution in [0.5, 0.6) is 5.75 Å². The second-order valence-corrected chi connectivity index (χ2v) is 9.15. The first-order chi connectivity index (χ1) is 18.8. The molecule has 0 aliphatic rings. The van der Waals surface area contributed by atoms with Crippen molar-refractivity contribution in [1.29, 1.82) is 0 Å². The van der Waals surface area contributed by atoms with E-state index in [0.717, 1.165) is 33.7 Å². The van der Waals surface area contributed by atoms with Gasteiger partial charge in [-0.15, -0.1) is 10.2 Å². The number of hydrogen-bond donors (Lipinski definition) is 0. The van der Waals surface area contributed by atoms with Crippen molar-refractivity contribution < 1.29 is 9.15 Å². The zero-order chi connectivity index (χ0) is 25.5. The summed E-state index contributed by atoms with van der Waals surface area (Å²) in [5.41, 5.74) is 7.36. The predicted molar refractivity (Wildman–Crippen MR) is 151 cm³/mol. The van der Waals surface area contributed by atoms with E-state index in [1.165, 1.54) is 21.8 Å². The van der Waals surface area contributed by atoms with Gasteiger partial charge in [-0.1, -0.05) is 66.7 Å². The summed E-state index contributed by atoms with van der Waals surface area (Å²) in [6, 6.07) is 41.5. The molecular weight excluding hydrogens is 470 g/mol. The molecular formula is C33H23N3O2. The Kier molecular flexibility index (Phi) is 5.26. The molecule has 2 aromatic heterocycles. The van der Waals surface area contributed by atoms with Gasteiger partial charge in [0.2, 0.25) is 11.8 Å². The Morgan fingerprint density at radius 1 is 0.553 bits per heavy atom. The molecule has 0 N–H and O–H groups in total. The maximum atomic E-state index is 6.04. The van der Waals surface area contributed by atoms with Crippen LogP contribution in [0.1, 0.15) is 0 Å². The van der Waals surface area contributed by atoms with Crippen LogP contribution in [0.4, 0.5) is 0 Å². The average Bonchev–Trinajstić information content (AvgIpc) is 3.61. The minimum absolute atomic E-state index is 0.456. The van der Waals surface area contributed by atoms with Crippen LogP contribution in [-0.4, -0.2) is 21.9 Å². The van der Waals surface area contributed by atoms with Crippen molar-refractivity contribution in [2.45, 2.75) is 0 Å². The van der Waals surface area contributed by atoms with E-state index in [2.05, 4.69) is 99.7 Å². The first-order valence-electron chi connectivity index (χ1n) is 12.5. The quantitative estimate of drug-likeness (QED) is 0.243. The Bertz CT molecular complexity index is 1880. The summed E-state index contributed by atoms with van der Waals surface area (Å²) >= 11 is 0. The summed E-state index contributed by atoms with van der Waals surface area (Å²) in [7, 11) is 1.64. The fraction of sp³-hybridized carbons (Fsp3) is 0.0303. The number of benzene rings is 5. The van der Waals surface area contributed by atoms with Crippen molar-refractivity contribution in [2.75, 3.05) is 7.11 Å². The summed E-state index contributed by atoms with van der Waals surface area (Å²) in [4.78, 5) is 0. The summed E-state index contributed by atoms with van der Waals surface area (Å²) in [5, 5.41) is 11.1. The molecule has 0 spiro atoms. The van der Waals surface area contributed by atoms with E-state index in [4.69, 9.17) is 9.15 Å². The van der Waals surface area contributed by atoms with Crippen LogP contribution in [-0.2, 0) is 0 Å². The van der Waals surface area contributed by atoms with Gasteiger partial charge in [-0.05, 0) is 65.7 Å². The molecule has 0 aliphatic carbocycles. The van der Waals surface area contributed by atoms with Crippen molar-refractivity contribution in [1.82, 2.24) is 14.8 Å². The summed E-state index contributed by atoms with van der Waals surface area (Å²) < 4.78 is 13.7. The molecule has 2 heterocycles. The molecule has 0 amide bonds. The van der Waals surface area contributed by atoms with E-state index in [1.54, 1.807) is 7.11 Å². The number of ether oxygens (including phenoxy) is 1. The number of aromatic nitrogens is 3. The molecule has 0 saturated heterocycles. The number of nitrogens with zero attached hydrogens (tertiary/aromatic N) is 3. The van der Waals surface area contributed by atoms with Crippen LogP contribution in [0.3, 0.4) is 0 Å². The molecule has 0 fully saturated rings. The summed E-state index contributed by atoms with van der Waals surface area (Å²) in [6.45, 7) is 0. The lowest BCUT2D eigenvalue weighted by atomic mass is 10.0. The van der Waals surface area contributed by atoms with Gasteiger partial charge < -0.3 is 13.7 Å². The van der Waals surface area contributed by atoms with E-state index in [9.17, 15) is 0 Å². The number of para-hydroxylation sites is 2. The molecule has 5 nitrogen and oxygen atoms in total. The second kappa shape index (κ2) is 9.05. The smallest absolute Gasteiger partial charge is 0.248 e. The Labute approximate surface area is 219 Å². The van der Waals surface area contributed by atoms with Gasteiger partial charge in [-0.25, -0.2) is 0 Å². The Morgan fingerprint density at radius 3 is 1.79 bits per heavy atom.